The number of anilines is 1. The molecule has 1 aliphatic rings. The minimum Gasteiger partial charge on any atom is -0.480 e. The van der Waals surface area contributed by atoms with Crippen LogP contribution in [-0.4, -0.2) is 47.5 Å². The topological polar surface area (TPSA) is 90.0 Å². The molecule has 27 heavy (non-hydrogen) atoms. The summed E-state index contributed by atoms with van der Waals surface area (Å²) < 4.78 is 0. The van der Waals surface area contributed by atoms with Crippen LogP contribution >= 0.6 is 0 Å². The third kappa shape index (κ3) is 4.63. The van der Waals surface area contributed by atoms with Crippen LogP contribution < -0.4 is 10.2 Å². The molecule has 140 valence electrons. The Hall–Kier alpha value is -3.35. The maximum absolute atomic E-state index is 12.5. The van der Waals surface area contributed by atoms with Gasteiger partial charge in [0.25, 0.3) is 0 Å². The summed E-state index contributed by atoms with van der Waals surface area (Å²) in [4.78, 5) is 38.8. The van der Waals surface area contributed by atoms with E-state index in [0.29, 0.717) is 18.8 Å². The quantitative estimate of drug-likeness (QED) is 0.844. The third-order valence-electron chi connectivity index (χ3n) is 4.47. The van der Waals surface area contributed by atoms with Gasteiger partial charge in [0.1, 0.15) is 6.54 Å². The van der Waals surface area contributed by atoms with Gasteiger partial charge >= 0.3 is 12.0 Å². The fourth-order valence-electron chi connectivity index (χ4n) is 3.09. The molecule has 1 heterocycles. The lowest BCUT2D eigenvalue weighted by atomic mass is 10.0. The fourth-order valence-corrected chi connectivity index (χ4v) is 3.09. The molecular weight excluding hydrogens is 346 g/mol. The van der Waals surface area contributed by atoms with Gasteiger partial charge in [0.15, 0.2) is 0 Å². The van der Waals surface area contributed by atoms with Crippen LogP contribution in [-0.2, 0) is 22.6 Å². The average Bonchev–Trinajstić information content (AvgIpc) is 2.70. The van der Waals surface area contributed by atoms with Crippen molar-refractivity contribution in [2.45, 2.75) is 13.0 Å². The van der Waals surface area contributed by atoms with E-state index in [4.69, 9.17) is 5.11 Å². The summed E-state index contributed by atoms with van der Waals surface area (Å²) in [5, 5.41) is 11.7. The van der Waals surface area contributed by atoms with Crippen LogP contribution in [0.1, 0.15) is 11.1 Å². The number of hydrogen-bond donors (Lipinski definition) is 2. The molecule has 3 amide bonds. The van der Waals surface area contributed by atoms with Gasteiger partial charge in [0.05, 0.1) is 6.54 Å². The monoisotopic (exact) mass is 367 g/mol. The third-order valence-corrected chi connectivity index (χ3v) is 4.47. The molecule has 0 fully saturated rings. The first kappa shape index (κ1) is 18.4. The van der Waals surface area contributed by atoms with E-state index in [1.165, 1.54) is 5.56 Å². The zero-order valence-electron chi connectivity index (χ0n) is 14.8. The van der Waals surface area contributed by atoms with Gasteiger partial charge in [0.2, 0.25) is 5.91 Å². The van der Waals surface area contributed by atoms with Crippen LogP contribution in [0.15, 0.2) is 54.6 Å². The molecule has 0 atom stereocenters. The Morgan fingerprint density at radius 1 is 1.00 bits per heavy atom. The van der Waals surface area contributed by atoms with Crippen molar-refractivity contribution in [2.24, 2.45) is 0 Å². The molecular formula is C20H21N3O4. The van der Waals surface area contributed by atoms with Crippen molar-refractivity contribution in [3.05, 3.63) is 65.7 Å². The molecule has 2 N–H and O–H groups in total. The van der Waals surface area contributed by atoms with Crippen molar-refractivity contribution in [2.75, 3.05) is 24.5 Å². The second kappa shape index (κ2) is 8.35. The number of amides is 3. The van der Waals surface area contributed by atoms with Gasteiger partial charge in [-0.05, 0) is 29.7 Å². The van der Waals surface area contributed by atoms with E-state index in [2.05, 4.69) is 11.4 Å². The first-order chi connectivity index (χ1) is 13.0. The van der Waals surface area contributed by atoms with Gasteiger partial charge in [-0.1, -0.05) is 42.5 Å². The molecule has 1 aliphatic heterocycles. The highest BCUT2D eigenvalue weighted by Gasteiger charge is 2.23. The van der Waals surface area contributed by atoms with E-state index in [1.54, 1.807) is 35.2 Å². The number of aliphatic carboxylic acids is 1. The standard InChI is InChI=1S/C20H21N3O4/c24-18(23(14-19(25)26)17-8-2-1-3-9-17)12-21-20(27)22-11-10-15-6-4-5-7-16(15)13-22/h1-9H,10-14H2,(H,21,27)(H,25,26). The number of urea groups is 1. The zero-order valence-corrected chi connectivity index (χ0v) is 14.8. The number of nitrogens with one attached hydrogen (secondary N) is 1. The predicted molar refractivity (Wildman–Crippen MR) is 100 cm³/mol. The summed E-state index contributed by atoms with van der Waals surface area (Å²) >= 11 is 0. The summed E-state index contributed by atoms with van der Waals surface area (Å²) in [5.41, 5.74) is 2.81. The lowest BCUT2D eigenvalue weighted by Gasteiger charge is -2.29. The van der Waals surface area contributed by atoms with Crippen molar-refractivity contribution >= 4 is 23.6 Å². The Bertz CT molecular complexity index is 838. The van der Waals surface area contributed by atoms with Crippen molar-refractivity contribution in [1.29, 1.82) is 0 Å². The van der Waals surface area contributed by atoms with Gasteiger partial charge in [-0.15, -0.1) is 0 Å². The lowest BCUT2D eigenvalue weighted by Crippen LogP contribution is -2.48. The molecule has 0 spiro atoms. The fraction of sp³-hybridized carbons (Fsp3) is 0.250. The van der Waals surface area contributed by atoms with Gasteiger partial charge in [-0.25, -0.2) is 4.79 Å². The Morgan fingerprint density at radius 2 is 1.67 bits per heavy atom. The highest BCUT2D eigenvalue weighted by atomic mass is 16.4. The van der Waals surface area contributed by atoms with E-state index in [9.17, 15) is 14.4 Å². The summed E-state index contributed by atoms with van der Waals surface area (Å²) in [5.74, 6) is -1.60. The van der Waals surface area contributed by atoms with Crippen LogP contribution in [0, 0.1) is 0 Å². The van der Waals surface area contributed by atoms with Crippen molar-refractivity contribution in [3.63, 3.8) is 0 Å². The maximum atomic E-state index is 12.5. The molecule has 2 aromatic carbocycles. The zero-order chi connectivity index (χ0) is 19.2. The van der Waals surface area contributed by atoms with E-state index < -0.39 is 18.4 Å². The van der Waals surface area contributed by atoms with E-state index in [-0.39, 0.29) is 12.6 Å². The van der Waals surface area contributed by atoms with E-state index in [1.807, 2.05) is 18.2 Å². The molecule has 2 aromatic rings. The number of carbonyl (C=O) groups is 3. The number of hydrogen-bond acceptors (Lipinski definition) is 3. The number of para-hydroxylation sites is 1. The predicted octanol–water partition coefficient (Wildman–Crippen LogP) is 1.87. The van der Waals surface area contributed by atoms with Crippen LogP contribution in [0.4, 0.5) is 10.5 Å². The van der Waals surface area contributed by atoms with Gasteiger partial charge in [0, 0.05) is 18.8 Å². The Labute approximate surface area is 157 Å². The van der Waals surface area contributed by atoms with Crippen LogP contribution in [0.5, 0.6) is 0 Å². The lowest BCUT2D eigenvalue weighted by molar-refractivity contribution is -0.136. The smallest absolute Gasteiger partial charge is 0.323 e. The summed E-state index contributed by atoms with van der Waals surface area (Å²) in [6, 6.07) is 16.2. The maximum Gasteiger partial charge on any atom is 0.323 e. The number of benzene rings is 2. The van der Waals surface area contributed by atoms with Crippen LogP contribution in [0.25, 0.3) is 0 Å². The average molecular weight is 367 g/mol. The second-order valence-electron chi connectivity index (χ2n) is 6.31. The Balaban J connectivity index is 1.60. The first-order valence-corrected chi connectivity index (χ1v) is 8.71. The van der Waals surface area contributed by atoms with Gasteiger partial charge < -0.3 is 15.3 Å². The summed E-state index contributed by atoms with van der Waals surface area (Å²) in [6.07, 6.45) is 0.771. The minimum absolute atomic E-state index is 0.265. The molecule has 0 aromatic heterocycles. The van der Waals surface area contributed by atoms with E-state index in [0.717, 1.165) is 16.9 Å². The Kier molecular flexibility index (Phi) is 5.71. The number of fused-ring (bicyclic) bond motifs is 1. The second-order valence-corrected chi connectivity index (χ2v) is 6.31. The molecule has 0 saturated heterocycles. The van der Waals surface area contributed by atoms with Crippen LogP contribution in [0.3, 0.4) is 0 Å². The molecule has 7 nitrogen and oxygen atoms in total. The number of carboxylic acid groups (broad SMARTS) is 1. The van der Waals surface area contributed by atoms with E-state index >= 15 is 0 Å². The minimum atomic E-state index is -1.12. The molecule has 0 saturated carbocycles. The molecule has 7 heteroatoms. The SMILES string of the molecule is O=C(O)CN(C(=O)CNC(=O)N1CCc2ccccc2C1)c1ccccc1. The summed E-state index contributed by atoms with van der Waals surface area (Å²) in [7, 11) is 0. The molecule has 0 unspecified atom stereocenters. The highest BCUT2D eigenvalue weighted by Crippen LogP contribution is 2.18. The highest BCUT2D eigenvalue weighted by molar-refractivity contribution is 5.99. The van der Waals surface area contributed by atoms with Crippen molar-refractivity contribution < 1.29 is 19.5 Å². The molecule has 3 rings (SSSR count). The van der Waals surface area contributed by atoms with Crippen molar-refractivity contribution in [3.8, 4) is 0 Å². The van der Waals surface area contributed by atoms with Gasteiger partial charge in [-0.3, -0.25) is 14.5 Å². The number of carboxylic acids is 1. The number of carbonyl (C=O) groups excluding carboxylic acids is 2. The Morgan fingerprint density at radius 3 is 2.37 bits per heavy atom. The van der Waals surface area contributed by atoms with Crippen LogP contribution in [0.2, 0.25) is 0 Å². The first-order valence-electron chi connectivity index (χ1n) is 8.71. The number of nitrogens with zero attached hydrogens (tertiary/aromatic N) is 2. The largest absolute Gasteiger partial charge is 0.480 e. The molecule has 0 bridgehead atoms. The van der Waals surface area contributed by atoms with Gasteiger partial charge in [-0.2, -0.15) is 0 Å². The molecule has 0 aliphatic carbocycles. The molecule has 0 radical (unpaired) electrons. The number of rotatable bonds is 5. The summed E-state index contributed by atoms with van der Waals surface area (Å²) in [6.45, 7) is 0.344. The normalized spacial score (nSPS) is 12.8. The van der Waals surface area contributed by atoms with Crippen molar-refractivity contribution in [1.82, 2.24) is 10.2 Å².